The molecule has 4 rings (SSSR count). The van der Waals surface area contributed by atoms with Crippen LogP contribution >= 0.6 is 11.6 Å². The van der Waals surface area contributed by atoms with Crippen molar-refractivity contribution < 1.29 is 19.6 Å². The van der Waals surface area contributed by atoms with E-state index in [1.54, 1.807) is 35.9 Å². The quantitative estimate of drug-likeness (QED) is 0.317. The Kier molecular flexibility index (Phi) is 6.86. The van der Waals surface area contributed by atoms with Crippen molar-refractivity contribution in [1.82, 2.24) is 14.7 Å². The first-order valence-electron chi connectivity index (χ1n) is 11.2. The Hall–Kier alpha value is -3.42. The highest BCUT2D eigenvalue weighted by molar-refractivity contribution is 6.46. The van der Waals surface area contributed by atoms with Gasteiger partial charge in [0, 0.05) is 34.8 Å². The number of Topliss-reactive ketones (excluding diaryl/α,β-unsaturated/α-hetero) is 1. The number of para-hydroxylation sites is 1. The molecule has 176 valence electrons. The Morgan fingerprint density at radius 3 is 2.53 bits per heavy atom. The average molecular weight is 479 g/mol. The number of nitrogens with zero attached hydrogens (tertiary/aromatic N) is 3. The number of hydrogen-bond donors (Lipinski definition) is 1. The molecular weight excluding hydrogens is 452 g/mol. The fourth-order valence-corrected chi connectivity index (χ4v) is 4.53. The predicted octanol–water partition coefficient (Wildman–Crippen LogP) is 1.59. The second-order valence-electron chi connectivity index (χ2n) is 8.73. The number of benzene rings is 2. The molecular formula is C26H27ClN4O3. The predicted molar refractivity (Wildman–Crippen MR) is 128 cm³/mol. The molecule has 1 aliphatic heterocycles. The highest BCUT2D eigenvalue weighted by Gasteiger charge is 2.44. The van der Waals surface area contributed by atoms with Crippen molar-refractivity contribution in [1.29, 1.82) is 0 Å². The number of hydrogen-bond acceptors (Lipinski definition) is 4. The van der Waals surface area contributed by atoms with E-state index in [0.717, 1.165) is 12.2 Å². The van der Waals surface area contributed by atoms with E-state index >= 15 is 0 Å². The minimum absolute atomic E-state index is 0.0554. The lowest BCUT2D eigenvalue weighted by Crippen LogP contribution is -3.05. The van der Waals surface area contributed by atoms with E-state index in [2.05, 4.69) is 5.10 Å². The molecule has 2 aromatic carbocycles. The van der Waals surface area contributed by atoms with Crippen molar-refractivity contribution in [3.05, 3.63) is 88.2 Å². The summed E-state index contributed by atoms with van der Waals surface area (Å²) < 4.78 is 1.65. The van der Waals surface area contributed by atoms with E-state index in [4.69, 9.17) is 11.6 Å². The van der Waals surface area contributed by atoms with E-state index in [-0.39, 0.29) is 5.57 Å². The third-order valence-electron chi connectivity index (χ3n) is 6.02. The maximum Gasteiger partial charge on any atom is 0.295 e. The first-order valence-corrected chi connectivity index (χ1v) is 11.6. The van der Waals surface area contributed by atoms with Gasteiger partial charge in [-0.3, -0.25) is 9.59 Å². The van der Waals surface area contributed by atoms with Crippen molar-refractivity contribution in [3.8, 4) is 5.69 Å². The van der Waals surface area contributed by atoms with Gasteiger partial charge in [0.1, 0.15) is 0 Å². The molecule has 8 heteroatoms. The second kappa shape index (κ2) is 9.83. The maximum atomic E-state index is 13.7. The van der Waals surface area contributed by atoms with Crippen LogP contribution in [-0.2, 0) is 9.59 Å². The standard InChI is InChI=1S/C26H27ClN4O3/c1-17-21(16-28-31(17)20-11-5-4-6-12-20)24(32)22-23(18-9-7-10-19(27)15-18)30(26(34)25(22)33)14-8-13-29(2)3/h4-7,9-12,15-16,23,32H,8,13-14H2,1-3H3. The van der Waals surface area contributed by atoms with Crippen LogP contribution in [0.5, 0.6) is 0 Å². The number of rotatable bonds is 7. The van der Waals surface area contributed by atoms with Gasteiger partial charge in [-0.05, 0) is 36.8 Å². The van der Waals surface area contributed by atoms with Crippen molar-refractivity contribution in [3.63, 3.8) is 0 Å². The highest BCUT2D eigenvalue weighted by Crippen LogP contribution is 2.39. The topological polar surface area (TPSA) is 82.7 Å². The van der Waals surface area contributed by atoms with Gasteiger partial charge in [-0.15, -0.1) is 0 Å². The van der Waals surface area contributed by atoms with Gasteiger partial charge in [0.2, 0.25) is 5.78 Å². The molecule has 0 aliphatic carbocycles. The molecule has 34 heavy (non-hydrogen) atoms. The molecule has 0 radical (unpaired) electrons. The molecule has 1 unspecified atom stereocenters. The van der Waals surface area contributed by atoms with E-state index in [1.165, 1.54) is 16.0 Å². The number of carbonyl (C=O) groups excluding carboxylic acids is 2. The van der Waals surface area contributed by atoms with E-state index < -0.39 is 23.5 Å². The summed E-state index contributed by atoms with van der Waals surface area (Å²) in [5, 5.41) is 18.6. The van der Waals surface area contributed by atoms with Crippen LogP contribution in [0.3, 0.4) is 0 Å². The highest BCUT2D eigenvalue weighted by atomic mass is 35.5. The fraction of sp³-hybridized carbons (Fsp3) is 0.269. The van der Waals surface area contributed by atoms with Crippen LogP contribution in [0.4, 0.5) is 0 Å². The molecule has 2 heterocycles. The Bertz CT molecular complexity index is 1250. The lowest BCUT2D eigenvalue weighted by atomic mass is 9.95. The molecule has 1 aromatic heterocycles. The summed E-state index contributed by atoms with van der Waals surface area (Å²) in [6, 6.07) is 15.6. The number of likely N-dealkylation sites (tertiary alicyclic amines) is 1. The van der Waals surface area contributed by atoms with E-state index in [0.29, 0.717) is 34.8 Å². The third kappa shape index (κ3) is 4.49. The molecule has 1 fully saturated rings. The number of amides is 1. The molecule has 1 N–H and O–H groups in total. The average Bonchev–Trinajstić information content (AvgIpc) is 3.32. The van der Waals surface area contributed by atoms with Crippen molar-refractivity contribution in [2.75, 3.05) is 27.2 Å². The Morgan fingerprint density at radius 2 is 1.85 bits per heavy atom. The summed E-state index contributed by atoms with van der Waals surface area (Å²) in [6.07, 6.45) is 2.16. The summed E-state index contributed by atoms with van der Waals surface area (Å²) >= 11 is 6.23. The van der Waals surface area contributed by atoms with E-state index in [9.17, 15) is 14.7 Å². The molecule has 0 bridgehead atoms. The van der Waals surface area contributed by atoms with Gasteiger partial charge >= 0.3 is 0 Å². The fourth-order valence-electron chi connectivity index (χ4n) is 4.33. The third-order valence-corrected chi connectivity index (χ3v) is 6.26. The molecule has 1 aliphatic rings. The Labute approximate surface area is 203 Å². The van der Waals surface area contributed by atoms with Gasteiger partial charge in [-0.2, -0.15) is 5.10 Å². The van der Waals surface area contributed by atoms with Crippen LogP contribution in [0.2, 0.25) is 5.02 Å². The number of ketones is 1. The largest absolute Gasteiger partial charge is 0.872 e. The summed E-state index contributed by atoms with van der Waals surface area (Å²) in [7, 11) is 4.05. The molecule has 1 saturated heterocycles. The monoisotopic (exact) mass is 478 g/mol. The second-order valence-corrected chi connectivity index (χ2v) is 9.17. The smallest absolute Gasteiger partial charge is 0.295 e. The van der Waals surface area contributed by atoms with Gasteiger partial charge in [0.05, 0.1) is 38.6 Å². The van der Waals surface area contributed by atoms with Crippen molar-refractivity contribution in [2.45, 2.75) is 19.4 Å². The normalized spacial score (nSPS) is 17.7. The zero-order valence-corrected chi connectivity index (χ0v) is 20.2. The molecule has 0 spiro atoms. The maximum absolute atomic E-state index is 13.7. The Morgan fingerprint density at radius 1 is 1.12 bits per heavy atom. The molecule has 1 atom stereocenters. The summed E-state index contributed by atoms with van der Waals surface area (Å²) in [6.45, 7) is 2.97. The molecule has 1 amide bonds. The van der Waals surface area contributed by atoms with E-state index in [1.807, 2.05) is 44.4 Å². The molecule has 3 aromatic rings. The van der Waals surface area contributed by atoms with Crippen LogP contribution in [0.15, 0.2) is 66.4 Å². The molecule has 7 nitrogen and oxygen atoms in total. The first-order chi connectivity index (χ1) is 16.3. The van der Waals surface area contributed by atoms with Gasteiger partial charge in [-0.1, -0.05) is 47.7 Å². The SMILES string of the molecule is Cc1c(C([O-])=C2C(=O)C(=O)N(CCC[NH+](C)C)C2c2cccc(Cl)c2)cnn1-c1ccccc1. The van der Waals surface area contributed by atoms with Crippen LogP contribution < -0.4 is 10.0 Å². The van der Waals surface area contributed by atoms with Gasteiger partial charge in [0.25, 0.3) is 5.91 Å². The minimum Gasteiger partial charge on any atom is -0.872 e. The van der Waals surface area contributed by atoms with Crippen LogP contribution in [-0.4, -0.2) is 53.6 Å². The van der Waals surface area contributed by atoms with Crippen molar-refractivity contribution >= 4 is 29.1 Å². The van der Waals surface area contributed by atoms with Gasteiger partial charge < -0.3 is 14.9 Å². The number of carbonyl (C=O) groups is 2. The number of halogens is 1. The van der Waals surface area contributed by atoms with Crippen LogP contribution in [0, 0.1) is 6.92 Å². The summed E-state index contributed by atoms with van der Waals surface area (Å²) in [5.74, 6) is -1.90. The summed E-state index contributed by atoms with van der Waals surface area (Å²) in [4.78, 5) is 29.0. The van der Waals surface area contributed by atoms with Crippen molar-refractivity contribution in [2.24, 2.45) is 0 Å². The Balaban J connectivity index is 1.81. The first kappa shape index (κ1) is 23.7. The minimum atomic E-state index is -0.789. The molecule has 0 saturated carbocycles. The lowest BCUT2D eigenvalue weighted by molar-refractivity contribution is -0.858. The number of quaternary nitrogens is 1. The zero-order valence-electron chi connectivity index (χ0n) is 19.4. The van der Waals surface area contributed by atoms with Gasteiger partial charge in [0.15, 0.2) is 0 Å². The number of aromatic nitrogens is 2. The van der Waals surface area contributed by atoms with Crippen LogP contribution in [0.1, 0.15) is 29.3 Å². The number of nitrogens with one attached hydrogen (secondary N) is 1. The lowest BCUT2D eigenvalue weighted by Gasteiger charge is -2.27. The summed E-state index contributed by atoms with van der Waals surface area (Å²) in [5.41, 5.74) is 2.28. The van der Waals surface area contributed by atoms with Crippen LogP contribution in [0.25, 0.3) is 11.4 Å². The zero-order chi connectivity index (χ0) is 24.4. The van der Waals surface area contributed by atoms with Gasteiger partial charge in [-0.25, -0.2) is 4.68 Å².